The fourth-order valence-electron chi connectivity index (χ4n) is 2.96. The number of carbonyl (C=O) groups is 1. The van der Waals surface area contributed by atoms with Crippen LogP contribution in [0.5, 0.6) is 11.5 Å². The third-order valence-electron chi connectivity index (χ3n) is 4.38. The van der Waals surface area contributed by atoms with Gasteiger partial charge >= 0.3 is 0 Å². The van der Waals surface area contributed by atoms with Gasteiger partial charge in [-0.2, -0.15) is 5.10 Å². The second kappa shape index (κ2) is 10.6. The van der Waals surface area contributed by atoms with Crippen molar-refractivity contribution in [3.8, 4) is 11.5 Å². The van der Waals surface area contributed by atoms with Gasteiger partial charge in [0.25, 0.3) is 5.91 Å². The number of nitrogens with one attached hydrogen (secondary N) is 1. The van der Waals surface area contributed by atoms with Crippen LogP contribution in [-0.2, 0) is 13.1 Å². The number of hydrogen-bond donors (Lipinski definition) is 1. The molecule has 8 heteroatoms. The van der Waals surface area contributed by atoms with Crippen molar-refractivity contribution in [2.45, 2.75) is 33.4 Å². The third-order valence-corrected chi connectivity index (χ3v) is 4.66. The Morgan fingerprint density at radius 2 is 1.97 bits per heavy atom. The van der Waals surface area contributed by atoms with E-state index in [4.69, 9.17) is 21.1 Å². The van der Waals surface area contributed by atoms with Gasteiger partial charge in [-0.3, -0.25) is 4.79 Å². The van der Waals surface area contributed by atoms with Crippen LogP contribution in [0.25, 0.3) is 0 Å². The Morgan fingerprint density at radius 3 is 2.67 bits per heavy atom. The summed E-state index contributed by atoms with van der Waals surface area (Å²) >= 11 is 6.37. The highest BCUT2D eigenvalue weighted by atomic mass is 35.5. The van der Waals surface area contributed by atoms with Crippen molar-refractivity contribution >= 4 is 17.5 Å². The Hall–Kier alpha value is -3.06. The molecule has 2 aromatic carbocycles. The van der Waals surface area contributed by atoms with E-state index in [9.17, 15) is 4.79 Å². The van der Waals surface area contributed by atoms with Crippen LogP contribution >= 0.6 is 11.6 Å². The molecule has 1 aromatic heterocycles. The van der Waals surface area contributed by atoms with Crippen LogP contribution in [0, 0.1) is 0 Å². The Labute approximate surface area is 181 Å². The molecule has 0 atom stereocenters. The van der Waals surface area contributed by atoms with Gasteiger partial charge < -0.3 is 14.8 Å². The first-order valence-electron chi connectivity index (χ1n) is 9.88. The number of carbonyl (C=O) groups excluding carboxylic acids is 1. The van der Waals surface area contributed by atoms with E-state index in [0.29, 0.717) is 48.4 Å². The lowest BCUT2D eigenvalue weighted by Gasteiger charge is -2.15. The van der Waals surface area contributed by atoms with E-state index in [1.54, 1.807) is 23.1 Å². The fourth-order valence-corrected chi connectivity index (χ4v) is 3.22. The van der Waals surface area contributed by atoms with Gasteiger partial charge in [0.15, 0.2) is 11.5 Å². The first-order chi connectivity index (χ1) is 14.6. The minimum Gasteiger partial charge on any atom is -0.490 e. The molecule has 0 aliphatic rings. The smallest absolute Gasteiger partial charge is 0.251 e. The predicted octanol–water partition coefficient (Wildman–Crippen LogP) is 4.10. The van der Waals surface area contributed by atoms with E-state index in [-0.39, 0.29) is 5.91 Å². The number of aromatic nitrogens is 3. The lowest BCUT2D eigenvalue weighted by atomic mass is 10.1. The van der Waals surface area contributed by atoms with Crippen molar-refractivity contribution in [3.05, 3.63) is 70.8 Å². The molecule has 30 heavy (non-hydrogen) atoms. The van der Waals surface area contributed by atoms with Crippen molar-refractivity contribution in [1.29, 1.82) is 0 Å². The van der Waals surface area contributed by atoms with Crippen molar-refractivity contribution in [2.75, 3.05) is 13.2 Å². The topological polar surface area (TPSA) is 78.3 Å². The van der Waals surface area contributed by atoms with Crippen molar-refractivity contribution in [1.82, 2.24) is 20.1 Å². The highest BCUT2D eigenvalue weighted by Gasteiger charge is 2.16. The van der Waals surface area contributed by atoms with Crippen LogP contribution in [0.3, 0.4) is 0 Å². The maximum absolute atomic E-state index is 12.8. The molecule has 0 unspecified atom stereocenters. The van der Waals surface area contributed by atoms with Crippen LogP contribution < -0.4 is 14.8 Å². The van der Waals surface area contributed by atoms with Gasteiger partial charge in [0, 0.05) is 12.1 Å². The van der Waals surface area contributed by atoms with Crippen LogP contribution in [-0.4, -0.2) is 33.9 Å². The highest BCUT2D eigenvalue weighted by Crippen LogP contribution is 2.36. The van der Waals surface area contributed by atoms with Crippen LogP contribution in [0.4, 0.5) is 0 Å². The number of ether oxygens (including phenoxy) is 2. The molecule has 1 N–H and O–H groups in total. The summed E-state index contributed by atoms with van der Waals surface area (Å²) < 4.78 is 13.1. The number of rotatable bonds is 10. The van der Waals surface area contributed by atoms with E-state index in [0.717, 1.165) is 17.5 Å². The second-order valence-corrected chi connectivity index (χ2v) is 7.02. The van der Waals surface area contributed by atoms with Gasteiger partial charge in [-0.25, -0.2) is 9.67 Å². The van der Waals surface area contributed by atoms with E-state index in [2.05, 4.69) is 15.4 Å². The average molecular weight is 429 g/mol. The summed E-state index contributed by atoms with van der Waals surface area (Å²) in [5.41, 5.74) is 2.47. The number of nitrogens with zero attached hydrogens (tertiary/aromatic N) is 3. The monoisotopic (exact) mass is 428 g/mol. The quantitative estimate of drug-likeness (QED) is 0.526. The number of benzene rings is 2. The molecule has 0 saturated carbocycles. The molecule has 7 nitrogen and oxygen atoms in total. The Morgan fingerprint density at radius 1 is 1.17 bits per heavy atom. The zero-order valence-corrected chi connectivity index (χ0v) is 17.9. The molecule has 0 radical (unpaired) electrons. The van der Waals surface area contributed by atoms with Gasteiger partial charge in [-0.05, 0) is 36.6 Å². The van der Waals surface area contributed by atoms with Crippen LogP contribution in [0.2, 0.25) is 5.02 Å². The summed E-state index contributed by atoms with van der Waals surface area (Å²) in [5.74, 6) is 0.695. The first kappa shape index (κ1) is 21.6. The maximum atomic E-state index is 12.8. The maximum Gasteiger partial charge on any atom is 0.251 e. The molecule has 0 aliphatic heterocycles. The molecule has 1 amide bonds. The zero-order chi connectivity index (χ0) is 21.3. The molecule has 3 aromatic rings. The van der Waals surface area contributed by atoms with Gasteiger partial charge in [0.2, 0.25) is 0 Å². The molecular weight excluding hydrogens is 404 g/mol. The summed E-state index contributed by atoms with van der Waals surface area (Å²) in [5, 5.41) is 7.45. The molecule has 1 heterocycles. The lowest BCUT2D eigenvalue weighted by Crippen LogP contribution is -2.24. The summed E-state index contributed by atoms with van der Waals surface area (Å²) in [4.78, 5) is 16.8. The van der Waals surface area contributed by atoms with Crippen LogP contribution in [0.1, 0.15) is 41.8 Å². The van der Waals surface area contributed by atoms with Crippen molar-refractivity contribution in [3.63, 3.8) is 0 Å². The highest BCUT2D eigenvalue weighted by molar-refractivity contribution is 6.32. The largest absolute Gasteiger partial charge is 0.490 e. The standard InChI is InChI=1S/C22H25ClN4O3/c1-3-9-30-21-19(23)10-18(11-20(21)29-4-2)22(28)25-12-16-7-5-6-8-17(16)13-27-15-24-14-26-27/h5-8,10-11,14-15H,3-4,9,12-13H2,1-2H3,(H,25,28). The number of hydrogen-bond acceptors (Lipinski definition) is 5. The summed E-state index contributed by atoms with van der Waals surface area (Å²) in [7, 11) is 0. The van der Waals surface area contributed by atoms with Crippen molar-refractivity contribution < 1.29 is 14.3 Å². The molecule has 0 spiro atoms. The fraction of sp³-hybridized carbons (Fsp3) is 0.318. The summed E-state index contributed by atoms with van der Waals surface area (Å²) in [6.45, 7) is 5.80. The van der Waals surface area contributed by atoms with Gasteiger partial charge in [0.05, 0.1) is 24.8 Å². The minimum atomic E-state index is -0.240. The van der Waals surface area contributed by atoms with Crippen LogP contribution in [0.15, 0.2) is 49.1 Å². The predicted molar refractivity (Wildman–Crippen MR) is 115 cm³/mol. The zero-order valence-electron chi connectivity index (χ0n) is 17.1. The molecule has 0 aliphatic carbocycles. The molecule has 3 rings (SSSR count). The van der Waals surface area contributed by atoms with Gasteiger partial charge in [-0.1, -0.05) is 42.8 Å². The Bertz CT molecular complexity index is 977. The SMILES string of the molecule is CCCOc1c(Cl)cc(C(=O)NCc2ccccc2Cn2cncn2)cc1OCC. The lowest BCUT2D eigenvalue weighted by molar-refractivity contribution is 0.0950. The number of halogens is 1. The van der Waals surface area contributed by atoms with E-state index in [1.807, 2.05) is 38.1 Å². The van der Waals surface area contributed by atoms with Gasteiger partial charge in [0.1, 0.15) is 12.7 Å². The van der Waals surface area contributed by atoms with Gasteiger partial charge in [-0.15, -0.1) is 0 Å². The van der Waals surface area contributed by atoms with E-state index >= 15 is 0 Å². The first-order valence-corrected chi connectivity index (χ1v) is 10.3. The molecule has 0 fully saturated rings. The second-order valence-electron chi connectivity index (χ2n) is 6.61. The van der Waals surface area contributed by atoms with E-state index < -0.39 is 0 Å². The molecule has 0 saturated heterocycles. The summed E-state index contributed by atoms with van der Waals surface area (Å²) in [6.07, 6.45) is 4.00. The minimum absolute atomic E-state index is 0.240. The normalized spacial score (nSPS) is 10.6. The van der Waals surface area contributed by atoms with E-state index in [1.165, 1.54) is 6.33 Å². The molecule has 158 valence electrons. The average Bonchev–Trinajstić information content (AvgIpc) is 3.25. The Kier molecular flexibility index (Phi) is 7.68. The number of amides is 1. The molecule has 0 bridgehead atoms. The third kappa shape index (κ3) is 5.51. The summed E-state index contributed by atoms with van der Waals surface area (Å²) in [6, 6.07) is 11.2. The molecular formula is C22H25ClN4O3. The van der Waals surface area contributed by atoms with Crippen molar-refractivity contribution in [2.24, 2.45) is 0 Å². The Balaban J connectivity index is 1.73.